The fourth-order valence-corrected chi connectivity index (χ4v) is 1.14. The highest BCUT2D eigenvalue weighted by molar-refractivity contribution is 5.86. The number of aliphatic hydroxyl groups excluding tert-OH is 1. The zero-order valence-electron chi connectivity index (χ0n) is 12.4. The molecule has 0 aromatic carbocycles. The Morgan fingerprint density at radius 3 is 2.14 bits per heavy atom. The smallest absolute Gasteiger partial charge is 0.333 e. The Balaban J connectivity index is 0.000000216. The predicted octanol–water partition coefficient (Wildman–Crippen LogP) is -0.0848. The van der Waals surface area contributed by atoms with Gasteiger partial charge in [0.2, 0.25) is 0 Å². The van der Waals surface area contributed by atoms with E-state index in [9.17, 15) is 4.79 Å². The van der Waals surface area contributed by atoms with Crippen LogP contribution >= 0.6 is 0 Å². The maximum Gasteiger partial charge on any atom is 0.333 e. The van der Waals surface area contributed by atoms with Crippen LogP contribution in [0.2, 0.25) is 0 Å². The monoisotopic (exact) mass is 304 g/mol. The van der Waals surface area contributed by atoms with Crippen molar-refractivity contribution in [2.45, 2.75) is 19.1 Å². The van der Waals surface area contributed by atoms with E-state index >= 15 is 0 Å². The van der Waals surface area contributed by atoms with Crippen LogP contribution in [-0.2, 0) is 28.5 Å². The summed E-state index contributed by atoms with van der Waals surface area (Å²) in [5.41, 5.74) is 0.372. The van der Waals surface area contributed by atoms with Crippen LogP contribution < -0.4 is 0 Å². The van der Waals surface area contributed by atoms with Crippen LogP contribution in [0, 0.1) is 0 Å². The largest absolute Gasteiger partial charge is 0.460 e. The van der Waals surface area contributed by atoms with Crippen molar-refractivity contribution in [2.24, 2.45) is 0 Å². The molecule has 21 heavy (non-hydrogen) atoms. The van der Waals surface area contributed by atoms with Crippen molar-refractivity contribution in [1.29, 1.82) is 0 Å². The van der Waals surface area contributed by atoms with Crippen molar-refractivity contribution in [3.8, 4) is 0 Å². The van der Waals surface area contributed by atoms with Gasteiger partial charge in [0.15, 0.2) is 0 Å². The third-order valence-electron chi connectivity index (χ3n) is 2.46. The molecule has 2 heterocycles. The molecule has 0 aliphatic carbocycles. The van der Waals surface area contributed by atoms with Crippen LogP contribution in [0.15, 0.2) is 12.2 Å². The number of esters is 1. The highest BCUT2D eigenvalue weighted by Gasteiger charge is 2.26. The van der Waals surface area contributed by atoms with E-state index in [0.717, 1.165) is 26.4 Å². The highest BCUT2D eigenvalue weighted by atomic mass is 16.6. The second kappa shape index (κ2) is 10.7. The van der Waals surface area contributed by atoms with Crippen molar-refractivity contribution >= 4 is 5.97 Å². The lowest BCUT2D eigenvalue weighted by molar-refractivity contribution is -0.140. The van der Waals surface area contributed by atoms with Crippen LogP contribution in [0.4, 0.5) is 0 Å². The van der Waals surface area contributed by atoms with Crippen molar-refractivity contribution in [1.82, 2.24) is 0 Å². The normalized spacial score (nSPS) is 22.0. The maximum absolute atomic E-state index is 10.7. The fraction of sp³-hybridized carbons (Fsp3) is 0.786. The summed E-state index contributed by atoms with van der Waals surface area (Å²) in [5, 5.41) is 8.32. The SMILES string of the molecule is C(OCC1CO1)C1CO1.C=C(C)C(=O)OCCOCCO. The number of rotatable bonds is 10. The topological polar surface area (TPSA) is 90.1 Å². The van der Waals surface area contributed by atoms with E-state index in [1.165, 1.54) is 0 Å². The van der Waals surface area contributed by atoms with E-state index < -0.39 is 5.97 Å². The van der Waals surface area contributed by atoms with E-state index in [-0.39, 0.29) is 19.8 Å². The number of carbonyl (C=O) groups excluding carboxylic acids is 1. The Labute approximate surface area is 124 Å². The number of ether oxygens (including phenoxy) is 5. The lowest BCUT2D eigenvalue weighted by atomic mass is 10.4. The Hall–Kier alpha value is -0.990. The Morgan fingerprint density at radius 1 is 1.14 bits per heavy atom. The molecule has 2 aliphatic rings. The summed E-state index contributed by atoms with van der Waals surface area (Å²) in [6, 6.07) is 0. The maximum atomic E-state index is 10.7. The van der Waals surface area contributed by atoms with Gasteiger partial charge in [-0.15, -0.1) is 0 Å². The molecular weight excluding hydrogens is 280 g/mol. The lowest BCUT2D eigenvalue weighted by Crippen LogP contribution is -2.12. The first kappa shape index (κ1) is 18.1. The summed E-state index contributed by atoms with van der Waals surface area (Å²) in [4.78, 5) is 10.7. The summed E-state index contributed by atoms with van der Waals surface area (Å²) < 4.78 is 24.7. The summed E-state index contributed by atoms with van der Waals surface area (Å²) in [7, 11) is 0. The number of epoxide rings is 2. The molecule has 0 amide bonds. The summed E-state index contributed by atoms with van der Waals surface area (Å²) in [5.74, 6) is -0.414. The molecule has 2 aliphatic heterocycles. The number of hydrogen-bond acceptors (Lipinski definition) is 7. The minimum atomic E-state index is -0.414. The second-order valence-electron chi connectivity index (χ2n) is 4.70. The van der Waals surface area contributed by atoms with Gasteiger partial charge in [-0.3, -0.25) is 0 Å². The Kier molecular flexibility index (Phi) is 9.20. The molecule has 2 unspecified atom stereocenters. The third-order valence-corrected chi connectivity index (χ3v) is 2.46. The molecule has 0 aromatic heterocycles. The molecule has 122 valence electrons. The molecule has 2 fully saturated rings. The molecule has 0 radical (unpaired) electrons. The number of carbonyl (C=O) groups is 1. The van der Waals surface area contributed by atoms with E-state index in [0.29, 0.717) is 24.4 Å². The van der Waals surface area contributed by atoms with Gasteiger partial charge in [-0.25, -0.2) is 4.79 Å². The van der Waals surface area contributed by atoms with Gasteiger partial charge in [0.25, 0.3) is 0 Å². The predicted molar refractivity (Wildman–Crippen MR) is 74.0 cm³/mol. The summed E-state index contributed by atoms with van der Waals surface area (Å²) in [6.45, 7) is 9.01. The van der Waals surface area contributed by atoms with Gasteiger partial charge in [0.1, 0.15) is 18.8 Å². The van der Waals surface area contributed by atoms with Gasteiger partial charge in [-0.2, -0.15) is 0 Å². The van der Waals surface area contributed by atoms with Crippen LogP contribution in [0.5, 0.6) is 0 Å². The van der Waals surface area contributed by atoms with E-state index in [4.69, 9.17) is 28.8 Å². The van der Waals surface area contributed by atoms with E-state index in [1.54, 1.807) is 6.92 Å². The minimum Gasteiger partial charge on any atom is -0.460 e. The van der Waals surface area contributed by atoms with Crippen molar-refractivity contribution in [3.63, 3.8) is 0 Å². The number of aliphatic hydroxyl groups is 1. The molecule has 0 bridgehead atoms. The second-order valence-corrected chi connectivity index (χ2v) is 4.70. The number of hydrogen-bond donors (Lipinski definition) is 1. The first-order chi connectivity index (χ1) is 10.1. The standard InChI is InChI=1S/C8H14O4.C6H10O3/c1-7(2)8(10)12-6-5-11-4-3-9;1(5-3-8-5)7-2-6-4-9-6/h9H,1,3-6H2,2H3;5-6H,1-4H2. The highest BCUT2D eigenvalue weighted by Crippen LogP contribution is 2.12. The molecule has 2 saturated heterocycles. The Morgan fingerprint density at radius 2 is 1.71 bits per heavy atom. The molecule has 7 heteroatoms. The molecule has 7 nitrogen and oxygen atoms in total. The average molecular weight is 304 g/mol. The van der Waals surface area contributed by atoms with Crippen LogP contribution in [0.25, 0.3) is 0 Å². The third kappa shape index (κ3) is 11.4. The van der Waals surface area contributed by atoms with E-state index in [1.807, 2.05) is 0 Å². The van der Waals surface area contributed by atoms with Crippen molar-refractivity contribution in [3.05, 3.63) is 12.2 Å². The first-order valence-electron chi connectivity index (χ1n) is 6.95. The van der Waals surface area contributed by atoms with Gasteiger partial charge in [0.05, 0.1) is 46.2 Å². The van der Waals surface area contributed by atoms with Gasteiger partial charge in [-0.05, 0) is 6.92 Å². The van der Waals surface area contributed by atoms with Gasteiger partial charge in [0, 0.05) is 5.57 Å². The Bertz CT molecular complexity index is 298. The van der Waals surface area contributed by atoms with Gasteiger partial charge < -0.3 is 28.8 Å². The van der Waals surface area contributed by atoms with Gasteiger partial charge in [-0.1, -0.05) is 6.58 Å². The zero-order chi connectivity index (χ0) is 15.5. The summed E-state index contributed by atoms with van der Waals surface area (Å²) >= 11 is 0. The van der Waals surface area contributed by atoms with Crippen LogP contribution in [0.1, 0.15) is 6.92 Å². The molecule has 0 saturated carbocycles. The molecule has 0 spiro atoms. The van der Waals surface area contributed by atoms with Gasteiger partial charge >= 0.3 is 5.97 Å². The summed E-state index contributed by atoms with van der Waals surface area (Å²) in [6.07, 6.45) is 0.785. The lowest BCUT2D eigenvalue weighted by Gasteiger charge is -2.03. The van der Waals surface area contributed by atoms with Crippen molar-refractivity contribution < 1.29 is 33.6 Å². The molecule has 2 rings (SSSR count). The minimum absolute atomic E-state index is 0.0194. The van der Waals surface area contributed by atoms with Crippen LogP contribution in [-0.4, -0.2) is 76.1 Å². The zero-order valence-corrected chi connectivity index (χ0v) is 12.4. The quantitative estimate of drug-likeness (QED) is 0.261. The van der Waals surface area contributed by atoms with Crippen molar-refractivity contribution in [2.75, 3.05) is 52.9 Å². The molecule has 2 atom stereocenters. The first-order valence-corrected chi connectivity index (χ1v) is 6.95. The average Bonchev–Trinajstić information content (AvgIpc) is 3.33. The molecular formula is C14H24O7. The van der Waals surface area contributed by atoms with E-state index in [2.05, 4.69) is 6.58 Å². The van der Waals surface area contributed by atoms with Crippen LogP contribution in [0.3, 0.4) is 0 Å². The molecule has 0 aromatic rings. The molecule has 1 N–H and O–H groups in total. The fourth-order valence-electron chi connectivity index (χ4n) is 1.14.